The number of esters is 1. The van der Waals surface area contributed by atoms with E-state index in [4.69, 9.17) is 9.47 Å². The van der Waals surface area contributed by atoms with Gasteiger partial charge >= 0.3 is 5.97 Å². The molecule has 0 radical (unpaired) electrons. The molecule has 126 valence electrons. The van der Waals surface area contributed by atoms with Crippen molar-refractivity contribution in [3.8, 4) is 5.75 Å². The first-order valence-corrected chi connectivity index (χ1v) is 8.06. The Kier molecular flexibility index (Phi) is 6.44. The van der Waals surface area contributed by atoms with Crippen LogP contribution in [0.3, 0.4) is 0 Å². The second-order valence-corrected chi connectivity index (χ2v) is 5.51. The molecule has 8 heteroatoms. The third-order valence-corrected chi connectivity index (χ3v) is 3.62. The molecule has 1 aromatic carbocycles. The number of benzene rings is 1. The Morgan fingerprint density at radius 2 is 2.04 bits per heavy atom. The monoisotopic (exact) mass is 348 g/mol. The lowest BCUT2D eigenvalue weighted by Crippen LogP contribution is -2.20. The Morgan fingerprint density at radius 1 is 1.29 bits per heavy atom. The largest absolute Gasteiger partial charge is 0.484 e. The summed E-state index contributed by atoms with van der Waals surface area (Å²) in [5.41, 5.74) is 1.07. The van der Waals surface area contributed by atoms with E-state index in [-0.39, 0.29) is 24.9 Å². The van der Waals surface area contributed by atoms with Crippen molar-refractivity contribution in [2.75, 3.05) is 18.5 Å². The molecule has 0 unspecified atom stereocenters. The summed E-state index contributed by atoms with van der Waals surface area (Å²) < 4.78 is 10.2. The molecule has 24 heavy (non-hydrogen) atoms. The van der Waals surface area contributed by atoms with E-state index in [0.717, 1.165) is 6.29 Å². The summed E-state index contributed by atoms with van der Waals surface area (Å²) in [6.45, 7) is 1.86. The normalized spacial score (nSPS) is 10.0. The quantitative estimate of drug-likeness (QED) is 0.580. The number of nitrogens with zero attached hydrogens (tertiary/aromatic N) is 1. The zero-order valence-corrected chi connectivity index (χ0v) is 13.8. The zero-order valence-electron chi connectivity index (χ0n) is 13.0. The van der Waals surface area contributed by atoms with Gasteiger partial charge in [-0.1, -0.05) is 0 Å². The number of carbonyl (C=O) groups is 3. The Labute approximate surface area is 142 Å². The van der Waals surface area contributed by atoms with Gasteiger partial charge in [0.05, 0.1) is 18.7 Å². The number of nitrogens with one attached hydrogen (secondary N) is 1. The van der Waals surface area contributed by atoms with Gasteiger partial charge in [-0.25, -0.2) is 4.98 Å². The lowest BCUT2D eigenvalue weighted by atomic mass is 10.2. The summed E-state index contributed by atoms with van der Waals surface area (Å²) in [5.74, 6) is -0.243. The zero-order chi connectivity index (χ0) is 17.4. The molecule has 0 saturated carbocycles. The fraction of sp³-hybridized carbons (Fsp3) is 0.250. The van der Waals surface area contributed by atoms with Crippen LogP contribution in [0.4, 0.5) is 5.13 Å². The van der Waals surface area contributed by atoms with Crippen molar-refractivity contribution in [3.63, 3.8) is 0 Å². The smallest absolute Gasteiger partial charge is 0.311 e. The predicted molar refractivity (Wildman–Crippen MR) is 88.4 cm³/mol. The highest BCUT2D eigenvalue weighted by molar-refractivity contribution is 7.13. The van der Waals surface area contributed by atoms with E-state index in [2.05, 4.69) is 10.3 Å². The number of aldehydes is 1. The summed E-state index contributed by atoms with van der Waals surface area (Å²) in [6, 6.07) is 6.42. The predicted octanol–water partition coefficient (Wildman–Crippen LogP) is 2.08. The molecule has 1 N–H and O–H groups in total. The van der Waals surface area contributed by atoms with Gasteiger partial charge in [0.15, 0.2) is 11.7 Å². The van der Waals surface area contributed by atoms with Crippen LogP contribution in [0.5, 0.6) is 5.75 Å². The third-order valence-electron chi connectivity index (χ3n) is 2.81. The van der Waals surface area contributed by atoms with Crippen LogP contribution in [0.25, 0.3) is 0 Å². The van der Waals surface area contributed by atoms with E-state index in [9.17, 15) is 14.4 Å². The molecule has 0 spiro atoms. The van der Waals surface area contributed by atoms with Crippen LogP contribution in [0, 0.1) is 0 Å². The molecule has 1 amide bonds. The number of rotatable bonds is 8. The molecular formula is C16H16N2O5S. The number of ether oxygens (including phenoxy) is 2. The minimum absolute atomic E-state index is 0.0692. The Morgan fingerprint density at radius 3 is 2.71 bits per heavy atom. The standard InChI is InChI=1S/C16H16N2O5S/c1-2-22-15(21)7-12-10-24-16(17-12)18-14(20)9-23-13-5-3-11(8-19)4-6-13/h3-6,8,10H,2,7,9H2,1H3,(H,17,18,20). The summed E-state index contributed by atoms with van der Waals surface area (Å²) in [7, 11) is 0. The van der Waals surface area contributed by atoms with Crippen LogP contribution in [0.1, 0.15) is 23.0 Å². The molecule has 0 bridgehead atoms. The summed E-state index contributed by atoms with van der Waals surface area (Å²) in [4.78, 5) is 37.9. The van der Waals surface area contributed by atoms with Crippen molar-refractivity contribution in [3.05, 3.63) is 40.9 Å². The molecular weight excluding hydrogens is 332 g/mol. The maximum Gasteiger partial charge on any atom is 0.311 e. The van der Waals surface area contributed by atoms with Gasteiger partial charge in [0, 0.05) is 10.9 Å². The molecule has 1 heterocycles. The summed E-state index contributed by atoms with van der Waals surface area (Å²) in [5, 5.41) is 4.67. The average Bonchev–Trinajstić information content (AvgIpc) is 3.00. The molecule has 0 aliphatic carbocycles. The van der Waals surface area contributed by atoms with Crippen molar-refractivity contribution in [1.29, 1.82) is 0 Å². The van der Waals surface area contributed by atoms with Crippen LogP contribution in [0.15, 0.2) is 29.6 Å². The number of anilines is 1. The van der Waals surface area contributed by atoms with Gasteiger partial charge in [-0.2, -0.15) is 0 Å². The SMILES string of the molecule is CCOC(=O)Cc1csc(NC(=O)COc2ccc(C=O)cc2)n1. The molecule has 0 aliphatic heterocycles. The molecule has 0 saturated heterocycles. The van der Waals surface area contributed by atoms with E-state index < -0.39 is 0 Å². The van der Waals surface area contributed by atoms with Crippen LogP contribution < -0.4 is 10.1 Å². The molecule has 7 nitrogen and oxygen atoms in total. The number of aromatic nitrogens is 1. The Bertz CT molecular complexity index is 712. The second kappa shape index (κ2) is 8.78. The van der Waals surface area contributed by atoms with E-state index in [1.54, 1.807) is 36.6 Å². The minimum Gasteiger partial charge on any atom is -0.484 e. The van der Waals surface area contributed by atoms with Gasteiger partial charge in [0.1, 0.15) is 12.0 Å². The lowest BCUT2D eigenvalue weighted by molar-refractivity contribution is -0.142. The highest BCUT2D eigenvalue weighted by Crippen LogP contribution is 2.16. The first-order valence-electron chi connectivity index (χ1n) is 7.18. The summed E-state index contributed by atoms with van der Waals surface area (Å²) in [6.07, 6.45) is 0.798. The molecule has 2 rings (SSSR count). The third kappa shape index (κ3) is 5.47. The molecule has 0 aliphatic rings. The molecule has 0 fully saturated rings. The Balaban J connectivity index is 1.80. The van der Waals surface area contributed by atoms with E-state index in [1.165, 1.54) is 11.3 Å². The highest BCUT2D eigenvalue weighted by Gasteiger charge is 2.11. The van der Waals surface area contributed by atoms with Crippen LogP contribution in [0.2, 0.25) is 0 Å². The lowest BCUT2D eigenvalue weighted by Gasteiger charge is -2.05. The van der Waals surface area contributed by atoms with E-state index in [1.807, 2.05) is 0 Å². The van der Waals surface area contributed by atoms with Crippen molar-refractivity contribution in [1.82, 2.24) is 4.98 Å². The van der Waals surface area contributed by atoms with Gasteiger partial charge in [-0.05, 0) is 31.2 Å². The number of amides is 1. The fourth-order valence-electron chi connectivity index (χ4n) is 1.75. The summed E-state index contributed by atoms with van der Waals surface area (Å²) >= 11 is 1.22. The number of carbonyl (C=O) groups excluding carboxylic acids is 3. The van der Waals surface area contributed by atoms with Crippen molar-refractivity contribution >= 4 is 34.6 Å². The Hall–Kier alpha value is -2.74. The average molecular weight is 348 g/mol. The van der Waals surface area contributed by atoms with Gasteiger partial charge in [0.25, 0.3) is 5.91 Å². The highest BCUT2D eigenvalue weighted by atomic mass is 32.1. The van der Waals surface area contributed by atoms with Crippen molar-refractivity contribution < 1.29 is 23.9 Å². The van der Waals surface area contributed by atoms with Crippen molar-refractivity contribution in [2.24, 2.45) is 0 Å². The second-order valence-electron chi connectivity index (χ2n) is 4.65. The van der Waals surface area contributed by atoms with Crippen LogP contribution in [-0.4, -0.2) is 36.4 Å². The van der Waals surface area contributed by atoms with Crippen molar-refractivity contribution in [2.45, 2.75) is 13.3 Å². The van der Waals surface area contributed by atoms with Crippen LogP contribution >= 0.6 is 11.3 Å². The van der Waals surface area contributed by atoms with E-state index >= 15 is 0 Å². The first kappa shape index (κ1) is 17.6. The van der Waals surface area contributed by atoms with E-state index in [0.29, 0.717) is 28.7 Å². The van der Waals surface area contributed by atoms with Gasteiger partial charge in [-0.15, -0.1) is 11.3 Å². The molecule has 2 aromatic rings. The first-order chi connectivity index (χ1) is 11.6. The van der Waals surface area contributed by atoms with Gasteiger partial charge in [0.2, 0.25) is 0 Å². The maximum atomic E-state index is 11.8. The molecule has 0 atom stereocenters. The van der Waals surface area contributed by atoms with Crippen LogP contribution in [-0.2, 0) is 20.7 Å². The maximum absolute atomic E-state index is 11.8. The minimum atomic E-state index is -0.369. The number of hydrogen-bond donors (Lipinski definition) is 1. The molecule has 1 aromatic heterocycles. The number of hydrogen-bond acceptors (Lipinski definition) is 7. The topological polar surface area (TPSA) is 94.6 Å². The van der Waals surface area contributed by atoms with Gasteiger partial charge < -0.3 is 9.47 Å². The fourth-order valence-corrected chi connectivity index (χ4v) is 2.48. The van der Waals surface area contributed by atoms with Gasteiger partial charge in [-0.3, -0.25) is 19.7 Å². The number of thiazole rings is 1.